The third kappa shape index (κ3) is 4.54. The Morgan fingerprint density at radius 1 is 1.41 bits per heavy atom. The van der Waals surface area contributed by atoms with Crippen LogP contribution in [0.3, 0.4) is 0 Å². The second-order valence-corrected chi connectivity index (χ2v) is 5.98. The van der Waals surface area contributed by atoms with Crippen LogP contribution in [-0.4, -0.2) is 40.9 Å². The van der Waals surface area contributed by atoms with E-state index in [9.17, 15) is 4.79 Å². The smallest absolute Gasteiger partial charge is 0.410 e. The van der Waals surface area contributed by atoms with E-state index >= 15 is 0 Å². The maximum atomic E-state index is 12.1. The normalized spacial score (nSPS) is 25.8. The SMILES string of the molecule is CC1CCC(CCO)N(C(=O)OC(C)(C)C)C1. The van der Waals surface area contributed by atoms with Crippen molar-refractivity contribution in [1.82, 2.24) is 4.90 Å². The molecule has 0 aliphatic carbocycles. The minimum atomic E-state index is -0.457. The van der Waals surface area contributed by atoms with Crippen molar-refractivity contribution >= 4 is 6.09 Å². The summed E-state index contributed by atoms with van der Waals surface area (Å²) in [7, 11) is 0. The molecule has 4 nitrogen and oxygen atoms in total. The van der Waals surface area contributed by atoms with Crippen molar-refractivity contribution in [2.75, 3.05) is 13.2 Å². The topological polar surface area (TPSA) is 49.8 Å². The Kier molecular flexibility index (Phi) is 4.80. The molecular formula is C13H25NO3. The second-order valence-electron chi connectivity index (χ2n) is 5.98. The van der Waals surface area contributed by atoms with Gasteiger partial charge in [-0.3, -0.25) is 0 Å². The zero-order valence-corrected chi connectivity index (χ0v) is 11.4. The van der Waals surface area contributed by atoms with Crippen LogP contribution in [0.25, 0.3) is 0 Å². The zero-order chi connectivity index (χ0) is 13.1. The van der Waals surface area contributed by atoms with Crippen molar-refractivity contribution in [2.45, 2.75) is 58.6 Å². The fourth-order valence-electron chi connectivity index (χ4n) is 2.20. The highest BCUT2D eigenvalue weighted by Crippen LogP contribution is 2.25. The molecule has 1 heterocycles. The third-order valence-corrected chi connectivity index (χ3v) is 3.03. The molecule has 17 heavy (non-hydrogen) atoms. The molecule has 1 rings (SSSR count). The van der Waals surface area contributed by atoms with E-state index in [1.165, 1.54) is 0 Å². The molecule has 1 aliphatic heterocycles. The number of amides is 1. The number of piperidine rings is 1. The quantitative estimate of drug-likeness (QED) is 0.810. The van der Waals surface area contributed by atoms with Crippen LogP contribution in [0, 0.1) is 5.92 Å². The van der Waals surface area contributed by atoms with Gasteiger partial charge in [0.15, 0.2) is 0 Å². The average Bonchev–Trinajstić information content (AvgIpc) is 2.18. The summed E-state index contributed by atoms with van der Waals surface area (Å²) >= 11 is 0. The Hall–Kier alpha value is -0.770. The minimum absolute atomic E-state index is 0.123. The molecule has 0 spiro atoms. The van der Waals surface area contributed by atoms with Crippen LogP contribution in [0.1, 0.15) is 47.0 Å². The first-order valence-corrected chi connectivity index (χ1v) is 6.44. The van der Waals surface area contributed by atoms with Crippen molar-refractivity contribution in [3.63, 3.8) is 0 Å². The summed E-state index contributed by atoms with van der Waals surface area (Å²) in [4.78, 5) is 13.9. The van der Waals surface area contributed by atoms with Crippen molar-refractivity contribution in [3.8, 4) is 0 Å². The first-order chi connectivity index (χ1) is 7.83. The van der Waals surface area contributed by atoms with Gasteiger partial charge in [0, 0.05) is 19.2 Å². The summed E-state index contributed by atoms with van der Waals surface area (Å²) in [5.74, 6) is 0.512. The maximum Gasteiger partial charge on any atom is 0.410 e. The molecule has 2 unspecified atom stereocenters. The molecule has 0 bridgehead atoms. The fourth-order valence-corrected chi connectivity index (χ4v) is 2.20. The van der Waals surface area contributed by atoms with Gasteiger partial charge in [0.2, 0.25) is 0 Å². The number of rotatable bonds is 2. The lowest BCUT2D eigenvalue weighted by atomic mass is 9.93. The van der Waals surface area contributed by atoms with Crippen LogP contribution in [0.2, 0.25) is 0 Å². The first-order valence-electron chi connectivity index (χ1n) is 6.44. The molecule has 1 fully saturated rings. The van der Waals surface area contributed by atoms with E-state index in [-0.39, 0.29) is 18.7 Å². The number of aliphatic hydroxyl groups excluding tert-OH is 1. The van der Waals surface area contributed by atoms with Crippen LogP contribution in [0.15, 0.2) is 0 Å². The van der Waals surface area contributed by atoms with Crippen molar-refractivity contribution in [1.29, 1.82) is 0 Å². The van der Waals surface area contributed by atoms with Gasteiger partial charge in [-0.15, -0.1) is 0 Å². The lowest BCUT2D eigenvalue weighted by molar-refractivity contribution is 0.000937. The lowest BCUT2D eigenvalue weighted by Gasteiger charge is -2.39. The summed E-state index contributed by atoms with van der Waals surface area (Å²) in [5.41, 5.74) is -0.457. The van der Waals surface area contributed by atoms with Gasteiger partial charge in [-0.25, -0.2) is 4.79 Å². The largest absolute Gasteiger partial charge is 0.444 e. The third-order valence-electron chi connectivity index (χ3n) is 3.03. The predicted octanol–water partition coefficient (Wildman–Crippen LogP) is 2.40. The van der Waals surface area contributed by atoms with E-state index in [1.54, 1.807) is 4.90 Å². The number of hydrogen-bond donors (Lipinski definition) is 1. The van der Waals surface area contributed by atoms with E-state index in [0.717, 1.165) is 19.4 Å². The number of likely N-dealkylation sites (tertiary alicyclic amines) is 1. The van der Waals surface area contributed by atoms with Gasteiger partial charge in [0.25, 0.3) is 0 Å². The molecule has 1 amide bonds. The van der Waals surface area contributed by atoms with E-state index in [0.29, 0.717) is 12.3 Å². The van der Waals surface area contributed by atoms with Gasteiger partial charge in [-0.05, 0) is 46.0 Å². The Bertz CT molecular complexity index is 260. The van der Waals surface area contributed by atoms with E-state index < -0.39 is 5.60 Å². The summed E-state index contributed by atoms with van der Waals surface area (Å²) in [6.07, 6.45) is 2.47. The Morgan fingerprint density at radius 2 is 2.06 bits per heavy atom. The van der Waals surface area contributed by atoms with E-state index in [4.69, 9.17) is 9.84 Å². The van der Waals surface area contributed by atoms with Gasteiger partial charge in [-0.2, -0.15) is 0 Å². The Labute approximate surface area is 104 Å². The highest BCUT2D eigenvalue weighted by atomic mass is 16.6. The van der Waals surface area contributed by atoms with Crippen LogP contribution < -0.4 is 0 Å². The lowest BCUT2D eigenvalue weighted by Crippen LogP contribution is -2.48. The van der Waals surface area contributed by atoms with Gasteiger partial charge >= 0.3 is 6.09 Å². The average molecular weight is 243 g/mol. The standard InChI is InChI=1S/C13H25NO3/c1-10-5-6-11(7-8-15)14(9-10)12(16)17-13(2,3)4/h10-11,15H,5-9H2,1-4H3. The molecule has 1 N–H and O–H groups in total. The van der Waals surface area contributed by atoms with E-state index in [2.05, 4.69) is 6.92 Å². The molecular weight excluding hydrogens is 218 g/mol. The maximum absolute atomic E-state index is 12.1. The molecule has 2 atom stereocenters. The zero-order valence-electron chi connectivity index (χ0n) is 11.4. The van der Waals surface area contributed by atoms with Crippen molar-refractivity contribution in [3.05, 3.63) is 0 Å². The molecule has 1 saturated heterocycles. The predicted molar refractivity (Wildman–Crippen MR) is 66.8 cm³/mol. The fraction of sp³-hybridized carbons (Fsp3) is 0.923. The number of aliphatic hydroxyl groups is 1. The first kappa shape index (κ1) is 14.3. The number of nitrogens with zero attached hydrogens (tertiary/aromatic N) is 1. The molecule has 4 heteroatoms. The van der Waals surface area contributed by atoms with Gasteiger partial charge < -0.3 is 14.7 Å². The summed E-state index contributed by atoms with van der Waals surface area (Å²) < 4.78 is 5.41. The van der Waals surface area contributed by atoms with Crippen LogP contribution in [0.5, 0.6) is 0 Å². The van der Waals surface area contributed by atoms with Crippen LogP contribution in [0.4, 0.5) is 4.79 Å². The molecule has 1 aliphatic rings. The molecule has 0 saturated carbocycles. The Morgan fingerprint density at radius 3 is 2.59 bits per heavy atom. The van der Waals surface area contributed by atoms with E-state index in [1.807, 2.05) is 20.8 Å². The highest BCUT2D eigenvalue weighted by molar-refractivity contribution is 5.68. The number of hydrogen-bond acceptors (Lipinski definition) is 3. The van der Waals surface area contributed by atoms with Gasteiger partial charge in [0.1, 0.15) is 5.60 Å². The second kappa shape index (κ2) is 5.71. The summed E-state index contributed by atoms with van der Waals surface area (Å²) in [5, 5.41) is 9.04. The highest BCUT2D eigenvalue weighted by Gasteiger charge is 2.32. The van der Waals surface area contributed by atoms with Gasteiger partial charge in [-0.1, -0.05) is 6.92 Å². The van der Waals surface area contributed by atoms with Crippen molar-refractivity contribution in [2.24, 2.45) is 5.92 Å². The number of ether oxygens (including phenoxy) is 1. The van der Waals surface area contributed by atoms with Crippen molar-refractivity contribution < 1.29 is 14.6 Å². The molecule has 0 aromatic heterocycles. The Balaban J connectivity index is 2.65. The summed E-state index contributed by atoms with van der Waals surface area (Å²) in [6, 6.07) is 0.131. The monoisotopic (exact) mass is 243 g/mol. The van der Waals surface area contributed by atoms with Crippen LogP contribution in [-0.2, 0) is 4.74 Å². The summed E-state index contributed by atoms with van der Waals surface area (Å²) in [6.45, 7) is 8.63. The number of carbonyl (C=O) groups is 1. The molecule has 0 aromatic carbocycles. The minimum Gasteiger partial charge on any atom is -0.444 e. The molecule has 0 radical (unpaired) electrons. The van der Waals surface area contributed by atoms with Gasteiger partial charge in [0.05, 0.1) is 0 Å². The number of carbonyl (C=O) groups excluding carboxylic acids is 1. The van der Waals surface area contributed by atoms with Crippen LogP contribution >= 0.6 is 0 Å². The molecule has 0 aromatic rings. The molecule has 100 valence electrons.